The van der Waals surface area contributed by atoms with Crippen LogP contribution in [0.1, 0.15) is 17.9 Å². The van der Waals surface area contributed by atoms with Gasteiger partial charge in [0.15, 0.2) is 0 Å². The molecule has 2 unspecified atom stereocenters. The molecule has 0 aliphatic carbocycles. The number of nitrogens with two attached hydrogens (primary N) is 1. The van der Waals surface area contributed by atoms with Gasteiger partial charge in [0.2, 0.25) is 0 Å². The van der Waals surface area contributed by atoms with Crippen LogP contribution in [0.25, 0.3) is 0 Å². The molecule has 1 fully saturated rings. The number of rotatable bonds is 2. The van der Waals surface area contributed by atoms with Crippen molar-refractivity contribution in [1.82, 2.24) is 0 Å². The van der Waals surface area contributed by atoms with Crippen LogP contribution in [0.3, 0.4) is 0 Å². The van der Waals surface area contributed by atoms with Crippen LogP contribution in [-0.4, -0.2) is 19.3 Å². The second kappa shape index (κ2) is 4.07. The summed E-state index contributed by atoms with van der Waals surface area (Å²) in [6, 6.07) is 6.63. The van der Waals surface area contributed by atoms with Gasteiger partial charge in [-0.3, -0.25) is 0 Å². The monoisotopic (exact) mass is 195 g/mol. The largest absolute Gasteiger partial charge is 0.376 e. The molecule has 1 aromatic rings. The molecule has 3 heteroatoms. The molecule has 76 valence electrons. The van der Waals surface area contributed by atoms with E-state index in [0.29, 0.717) is 19.1 Å². The fourth-order valence-electron chi connectivity index (χ4n) is 1.84. The van der Waals surface area contributed by atoms with Gasteiger partial charge in [-0.25, -0.2) is 4.39 Å². The van der Waals surface area contributed by atoms with Crippen LogP contribution in [-0.2, 0) is 4.74 Å². The van der Waals surface area contributed by atoms with Crippen molar-refractivity contribution in [2.75, 3.05) is 13.2 Å². The predicted molar refractivity (Wildman–Crippen MR) is 52.6 cm³/mol. The molecule has 1 aromatic carbocycles. The molecule has 2 N–H and O–H groups in total. The lowest BCUT2D eigenvalue weighted by molar-refractivity contribution is 0.116. The minimum absolute atomic E-state index is 0.171. The van der Waals surface area contributed by atoms with Crippen molar-refractivity contribution in [3.8, 4) is 0 Å². The Labute approximate surface area is 82.9 Å². The van der Waals surface area contributed by atoms with Crippen LogP contribution in [0.2, 0.25) is 0 Å². The molecule has 2 nitrogen and oxygen atoms in total. The van der Waals surface area contributed by atoms with Crippen molar-refractivity contribution >= 4 is 0 Å². The molecule has 1 saturated heterocycles. The SMILES string of the molecule is NCC1CC(c2ccc(F)cc2)CO1. The summed E-state index contributed by atoms with van der Waals surface area (Å²) in [4.78, 5) is 0. The summed E-state index contributed by atoms with van der Waals surface area (Å²) < 4.78 is 18.1. The van der Waals surface area contributed by atoms with Crippen LogP contribution in [0.4, 0.5) is 4.39 Å². The van der Waals surface area contributed by atoms with Gasteiger partial charge in [0.25, 0.3) is 0 Å². The molecule has 1 aliphatic heterocycles. The standard InChI is InChI=1S/C11H14FNO/c12-10-3-1-8(2-4-10)9-5-11(6-13)14-7-9/h1-4,9,11H,5-7,13H2. The van der Waals surface area contributed by atoms with Gasteiger partial charge in [0.05, 0.1) is 12.7 Å². The first-order valence-corrected chi connectivity index (χ1v) is 4.86. The zero-order chi connectivity index (χ0) is 9.97. The number of ether oxygens (including phenoxy) is 1. The second-order valence-corrected chi connectivity index (χ2v) is 3.68. The first kappa shape index (κ1) is 9.62. The Morgan fingerprint density at radius 3 is 2.64 bits per heavy atom. The molecule has 0 radical (unpaired) electrons. The topological polar surface area (TPSA) is 35.2 Å². The summed E-state index contributed by atoms with van der Waals surface area (Å²) in [6.07, 6.45) is 1.12. The zero-order valence-corrected chi connectivity index (χ0v) is 7.95. The van der Waals surface area contributed by atoms with E-state index < -0.39 is 0 Å². The number of hydrogen-bond acceptors (Lipinski definition) is 2. The highest BCUT2D eigenvalue weighted by molar-refractivity contribution is 5.21. The van der Waals surface area contributed by atoms with E-state index >= 15 is 0 Å². The van der Waals surface area contributed by atoms with Crippen LogP contribution < -0.4 is 5.73 Å². The minimum Gasteiger partial charge on any atom is -0.376 e. The van der Waals surface area contributed by atoms with E-state index in [2.05, 4.69) is 0 Å². The van der Waals surface area contributed by atoms with Gasteiger partial charge < -0.3 is 10.5 Å². The van der Waals surface area contributed by atoms with E-state index in [9.17, 15) is 4.39 Å². The first-order valence-electron chi connectivity index (χ1n) is 4.86. The average molecular weight is 195 g/mol. The molecule has 14 heavy (non-hydrogen) atoms. The van der Waals surface area contributed by atoms with E-state index in [-0.39, 0.29) is 11.9 Å². The van der Waals surface area contributed by atoms with E-state index in [0.717, 1.165) is 12.0 Å². The Balaban J connectivity index is 2.06. The van der Waals surface area contributed by atoms with Crippen LogP contribution >= 0.6 is 0 Å². The normalized spacial score (nSPS) is 26.7. The van der Waals surface area contributed by atoms with Crippen molar-refractivity contribution < 1.29 is 9.13 Å². The van der Waals surface area contributed by atoms with Gasteiger partial charge in [0, 0.05) is 12.5 Å². The highest BCUT2D eigenvalue weighted by Gasteiger charge is 2.25. The molecule has 2 rings (SSSR count). The van der Waals surface area contributed by atoms with Crippen molar-refractivity contribution in [1.29, 1.82) is 0 Å². The highest BCUT2D eigenvalue weighted by Crippen LogP contribution is 2.28. The van der Waals surface area contributed by atoms with E-state index in [1.807, 2.05) is 12.1 Å². The number of hydrogen-bond donors (Lipinski definition) is 1. The third-order valence-corrected chi connectivity index (χ3v) is 2.68. The van der Waals surface area contributed by atoms with Gasteiger partial charge >= 0.3 is 0 Å². The fraction of sp³-hybridized carbons (Fsp3) is 0.455. The van der Waals surface area contributed by atoms with E-state index in [1.165, 1.54) is 12.1 Å². The van der Waals surface area contributed by atoms with Crippen LogP contribution in [0, 0.1) is 5.82 Å². The fourth-order valence-corrected chi connectivity index (χ4v) is 1.84. The molecule has 0 bridgehead atoms. The van der Waals surface area contributed by atoms with Gasteiger partial charge in [-0.15, -0.1) is 0 Å². The lowest BCUT2D eigenvalue weighted by Crippen LogP contribution is -2.18. The number of benzene rings is 1. The van der Waals surface area contributed by atoms with E-state index in [4.69, 9.17) is 10.5 Å². The number of halogens is 1. The third-order valence-electron chi connectivity index (χ3n) is 2.68. The van der Waals surface area contributed by atoms with Crippen LogP contribution in [0.15, 0.2) is 24.3 Å². The summed E-state index contributed by atoms with van der Waals surface area (Å²) in [5.41, 5.74) is 6.65. The molecule has 0 amide bonds. The second-order valence-electron chi connectivity index (χ2n) is 3.68. The van der Waals surface area contributed by atoms with Gasteiger partial charge in [-0.2, -0.15) is 0 Å². The zero-order valence-electron chi connectivity index (χ0n) is 7.95. The van der Waals surface area contributed by atoms with Crippen molar-refractivity contribution in [3.63, 3.8) is 0 Å². The van der Waals surface area contributed by atoms with Crippen LogP contribution in [0.5, 0.6) is 0 Å². The summed E-state index contributed by atoms with van der Waals surface area (Å²) in [5, 5.41) is 0. The van der Waals surface area contributed by atoms with Gasteiger partial charge in [0.1, 0.15) is 5.82 Å². The summed E-state index contributed by atoms with van der Waals surface area (Å²) in [6.45, 7) is 1.27. The Morgan fingerprint density at radius 2 is 2.07 bits per heavy atom. The van der Waals surface area contributed by atoms with Gasteiger partial charge in [-0.1, -0.05) is 12.1 Å². The summed E-state index contributed by atoms with van der Waals surface area (Å²) in [5.74, 6) is 0.187. The maximum absolute atomic E-state index is 12.7. The molecule has 0 spiro atoms. The third kappa shape index (κ3) is 1.94. The van der Waals surface area contributed by atoms with Crippen molar-refractivity contribution in [2.45, 2.75) is 18.4 Å². The van der Waals surface area contributed by atoms with Gasteiger partial charge in [-0.05, 0) is 24.1 Å². The Morgan fingerprint density at radius 1 is 1.36 bits per heavy atom. The maximum Gasteiger partial charge on any atom is 0.123 e. The lowest BCUT2D eigenvalue weighted by Gasteiger charge is -2.07. The maximum atomic E-state index is 12.7. The molecule has 2 atom stereocenters. The van der Waals surface area contributed by atoms with Crippen molar-refractivity contribution in [3.05, 3.63) is 35.6 Å². The molecular formula is C11H14FNO. The molecular weight excluding hydrogens is 181 g/mol. The highest BCUT2D eigenvalue weighted by atomic mass is 19.1. The summed E-state index contributed by atoms with van der Waals surface area (Å²) >= 11 is 0. The minimum atomic E-state index is -0.192. The quantitative estimate of drug-likeness (QED) is 0.778. The smallest absolute Gasteiger partial charge is 0.123 e. The Kier molecular flexibility index (Phi) is 2.79. The summed E-state index contributed by atoms with van der Waals surface area (Å²) in [7, 11) is 0. The Bertz CT molecular complexity index is 299. The lowest BCUT2D eigenvalue weighted by atomic mass is 9.96. The first-order chi connectivity index (χ1) is 6.79. The van der Waals surface area contributed by atoms with E-state index in [1.54, 1.807) is 0 Å². The molecule has 0 saturated carbocycles. The Hall–Kier alpha value is -0.930. The van der Waals surface area contributed by atoms with Crippen molar-refractivity contribution in [2.24, 2.45) is 5.73 Å². The predicted octanol–water partition coefficient (Wildman–Crippen LogP) is 1.66. The molecule has 1 heterocycles. The molecule has 0 aromatic heterocycles. The average Bonchev–Trinajstić information content (AvgIpc) is 2.67. The molecule has 1 aliphatic rings.